The number of aromatic nitrogens is 3. The van der Waals surface area contributed by atoms with E-state index in [-0.39, 0.29) is 22.6 Å². The van der Waals surface area contributed by atoms with Crippen molar-refractivity contribution in [3.63, 3.8) is 0 Å². The SMILES string of the molecule is CC(C)Oc1ccc(-c2ccnc(NC(=O)OCC34CCC(c5cc(C(C)(F)F)nn5C)(CC3)CC4)c2)cc1. The highest BCUT2D eigenvalue weighted by atomic mass is 19.3. The molecule has 0 unspecified atom stereocenters. The number of anilines is 1. The highest BCUT2D eigenvalue weighted by Gasteiger charge is 2.51. The molecular weight excluding hydrogens is 502 g/mol. The zero-order valence-corrected chi connectivity index (χ0v) is 23.0. The Hall–Kier alpha value is -3.49. The van der Waals surface area contributed by atoms with E-state index in [2.05, 4.69) is 15.4 Å². The van der Waals surface area contributed by atoms with Crippen molar-refractivity contribution in [3.8, 4) is 16.9 Å². The number of nitrogens with zero attached hydrogens (tertiary/aromatic N) is 3. The summed E-state index contributed by atoms with van der Waals surface area (Å²) in [4.78, 5) is 16.9. The van der Waals surface area contributed by atoms with Gasteiger partial charge in [-0.15, -0.1) is 0 Å². The quantitative estimate of drug-likeness (QED) is 0.328. The van der Waals surface area contributed by atoms with Crippen LogP contribution in [-0.2, 0) is 23.1 Å². The second kappa shape index (κ2) is 10.2. The van der Waals surface area contributed by atoms with E-state index >= 15 is 0 Å². The van der Waals surface area contributed by atoms with Crippen LogP contribution >= 0.6 is 0 Å². The fourth-order valence-corrected chi connectivity index (χ4v) is 6.08. The minimum Gasteiger partial charge on any atom is -0.491 e. The van der Waals surface area contributed by atoms with Crippen molar-refractivity contribution in [3.05, 3.63) is 60.0 Å². The van der Waals surface area contributed by atoms with E-state index in [1.807, 2.05) is 50.2 Å². The van der Waals surface area contributed by atoms with E-state index < -0.39 is 12.0 Å². The Kier molecular flexibility index (Phi) is 7.11. The third-order valence-corrected chi connectivity index (χ3v) is 8.33. The number of aryl methyl sites for hydroxylation is 1. The van der Waals surface area contributed by atoms with Gasteiger partial charge in [0.1, 0.15) is 17.3 Å². The van der Waals surface area contributed by atoms with E-state index in [0.29, 0.717) is 12.4 Å². The Morgan fingerprint density at radius 1 is 1.05 bits per heavy atom. The van der Waals surface area contributed by atoms with Gasteiger partial charge in [0.2, 0.25) is 0 Å². The lowest BCUT2D eigenvalue weighted by Crippen LogP contribution is -2.47. The Morgan fingerprint density at radius 2 is 1.72 bits per heavy atom. The van der Waals surface area contributed by atoms with Crippen LogP contribution in [0.25, 0.3) is 11.1 Å². The van der Waals surface area contributed by atoms with Gasteiger partial charge in [0.25, 0.3) is 5.92 Å². The maximum absolute atomic E-state index is 13.9. The first kappa shape index (κ1) is 27.1. The number of hydrogen-bond acceptors (Lipinski definition) is 5. The van der Waals surface area contributed by atoms with E-state index in [1.54, 1.807) is 24.0 Å². The molecule has 2 aromatic heterocycles. The van der Waals surface area contributed by atoms with Gasteiger partial charge in [-0.05, 0) is 93.8 Å². The number of rotatable bonds is 8. The molecule has 3 fully saturated rings. The zero-order valence-electron chi connectivity index (χ0n) is 23.0. The first-order valence-electron chi connectivity index (χ1n) is 13.6. The summed E-state index contributed by atoms with van der Waals surface area (Å²) in [6, 6.07) is 13.1. The molecule has 0 atom stereocenters. The molecule has 39 heavy (non-hydrogen) atoms. The number of nitrogens with one attached hydrogen (secondary N) is 1. The summed E-state index contributed by atoms with van der Waals surface area (Å²) >= 11 is 0. The van der Waals surface area contributed by atoms with E-state index in [1.165, 1.54) is 0 Å². The van der Waals surface area contributed by atoms with Crippen molar-refractivity contribution >= 4 is 11.9 Å². The number of carbonyl (C=O) groups excluding carboxylic acids is 1. The molecule has 208 valence electrons. The monoisotopic (exact) mass is 538 g/mol. The molecule has 0 radical (unpaired) electrons. The van der Waals surface area contributed by atoms with Crippen molar-refractivity contribution in [1.82, 2.24) is 14.8 Å². The molecule has 0 aliphatic heterocycles. The number of fused-ring (bicyclic) bond motifs is 3. The third-order valence-electron chi connectivity index (χ3n) is 8.33. The first-order valence-corrected chi connectivity index (χ1v) is 13.6. The van der Waals surface area contributed by atoms with Crippen LogP contribution < -0.4 is 10.1 Å². The lowest BCUT2D eigenvalue weighted by atomic mass is 9.53. The van der Waals surface area contributed by atoms with Crippen LogP contribution in [0.1, 0.15) is 70.7 Å². The smallest absolute Gasteiger partial charge is 0.412 e. The van der Waals surface area contributed by atoms with Gasteiger partial charge in [-0.2, -0.15) is 13.9 Å². The lowest BCUT2D eigenvalue weighted by molar-refractivity contribution is -0.0138. The second-order valence-electron chi connectivity index (χ2n) is 11.5. The molecular formula is C30H36F2N4O3. The van der Waals surface area contributed by atoms with E-state index in [0.717, 1.165) is 68.0 Å². The second-order valence-corrected chi connectivity index (χ2v) is 11.5. The van der Waals surface area contributed by atoms with Crippen LogP contribution in [0.4, 0.5) is 19.4 Å². The predicted octanol–water partition coefficient (Wildman–Crippen LogP) is 7.22. The van der Waals surface area contributed by atoms with E-state index in [4.69, 9.17) is 9.47 Å². The molecule has 3 saturated carbocycles. The molecule has 3 aliphatic rings. The largest absolute Gasteiger partial charge is 0.491 e. The van der Waals surface area contributed by atoms with Gasteiger partial charge in [-0.25, -0.2) is 9.78 Å². The minimum atomic E-state index is -2.96. The first-order chi connectivity index (χ1) is 18.5. The fourth-order valence-electron chi connectivity index (χ4n) is 6.08. The molecule has 1 N–H and O–H groups in total. The Morgan fingerprint density at radius 3 is 2.31 bits per heavy atom. The molecule has 2 bridgehead atoms. The normalized spacial score (nSPS) is 22.6. The minimum absolute atomic E-state index is 0.0791. The van der Waals surface area contributed by atoms with Crippen molar-refractivity contribution < 1.29 is 23.0 Å². The van der Waals surface area contributed by atoms with Crippen molar-refractivity contribution in [2.24, 2.45) is 12.5 Å². The average Bonchev–Trinajstić information content (AvgIpc) is 3.32. The molecule has 1 aromatic carbocycles. The van der Waals surface area contributed by atoms with Crippen LogP contribution in [0.3, 0.4) is 0 Å². The van der Waals surface area contributed by atoms with Gasteiger partial charge in [-0.1, -0.05) is 12.1 Å². The molecule has 0 saturated heterocycles. The lowest BCUT2D eigenvalue weighted by Gasteiger charge is -2.53. The molecule has 7 nitrogen and oxygen atoms in total. The van der Waals surface area contributed by atoms with Crippen LogP contribution in [0.5, 0.6) is 5.75 Å². The topological polar surface area (TPSA) is 78.3 Å². The molecule has 0 spiro atoms. The number of carbonyl (C=O) groups is 1. The maximum atomic E-state index is 13.9. The number of pyridine rings is 1. The van der Waals surface area contributed by atoms with Crippen LogP contribution in [0.15, 0.2) is 48.7 Å². The maximum Gasteiger partial charge on any atom is 0.412 e. The number of hydrogen-bond donors (Lipinski definition) is 1. The fraction of sp³-hybridized carbons (Fsp3) is 0.500. The summed E-state index contributed by atoms with van der Waals surface area (Å²) in [7, 11) is 1.75. The molecule has 1 amide bonds. The molecule has 6 rings (SSSR count). The standard InChI is InChI=1S/C30H36F2N4O3/c1-20(2)39-23-7-5-21(6-8-23)22-9-16-33-26(17-22)34-27(37)38-19-29-10-13-30(14-11-29,15-12-29)25-18-24(28(3,31)32)35-36(25)4/h5-9,16-18,20H,10-15,19H2,1-4H3,(H,33,34,37). The van der Waals surface area contributed by atoms with E-state index in [9.17, 15) is 13.6 Å². The summed E-state index contributed by atoms with van der Waals surface area (Å²) in [5.41, 5.74) is 2.40. The summed E-state index contributed by atoms with van der Waals surface area (Å²) in [5.74, 6) is -1.73. The summed E-state index contributed by atoms with van der Waals surface area (Å²) in [6.07, 6.45) is 6.49. The number of halogens is 2. The summed E-state index contributed by atoms with van der Waals surface area (Å²) in [6.45, 7) is 5.19. The summed E-state index contributed by atoms with van der Waals surface area (Å²) in [5, 5.41) is 6.86. The molecule has 3 aliphatic carbocycles. The highest BCUT2D eigenvalue weighted by Crippen LogP contribution is 2.58. The molecule has 3 aromatic rings. The van der Waals surface area contributed by atoms with Crippen LogP contribution in [0, 0.1) is 5.41 Å². The predicted molar refractivity (Wildman–Crippen MR) is 145 cm³/mol. The van der Waals surface area contributed by atoms with Crippen LogP contribution in [-0.4, -0.2) is 33.6 Å². The summed E-state index contributed by atoms with van der Waals surface area (Å²) < 4.78 is 40.8. The van der Waals surface area contributed by atoms with Gasteiger partial charge in [-0.3, -0.25) is 10.00 Å². The van der Waals surface area contributed by atoms with Crippen molar-refractivity contribution in [2.45, 2.75) is 76.7 Å². The number of benzene rings is 1. The molecule has 9 heteroatoms. The number of amides is 1. The van der Waals surface area contributed by atoms with Crippen molar-refractivity contribution in [1.29, 1.82) is 0 Å². The Bertz CT molecular complexity index is 1310. The number of ether oxygens (including phenoxy) is 2. The average molecular weight is 539 g/mol. The van der Waals surface area contributed by atoms with Crippen molar-refractivity contribution in [2.75, 3.05) is 11.9 Å². The van der Waals surface area contributed by atoms with Gasteiger partial charge in [0.15, 0.2) is 0 Å². The van der Waals surface area contributed by atoms with Gasteiger partial charge in [0.05, 0.1) is 12.7 Å². The van der Waals surface area contributed by atoms with Gasteiger partial charge in [0, 0.05) is 36.7 Å². The highest BCUT2D eigenvalue weighted by molar-refractivity contribution is 5.84. The van der Waals surface area contributed by atoms with Crippen LogP contribution in [0.2, 0.25) is 0 Å². The Balaban J connectivity index is 1.17. The van der Waals surface area contributed by atoms with Gasteiger partial charge >= 0.3 is 6.09 Å². The Labute approximate surface area is 227 Å². The van der Waals surface area contributed by atoms with Gasteiger partial charge < -0.3 is 9.47 Å². The third kappa shape index (κ3) is 5.77. The zero-order chi connectivity index (χ0) is 27.8. The number of alkyl halides is 2. The molecule has 2 heterocycles.